The van der Waals surface area contributed by atoms with Crippen LogP contribution in [-0.4, -0.2) is 44.8 Å². The van der Waals surface area contributed by atoms with E-state index in [-0.39, 0.29) is 16.7 Å². The molecule has 0 spiro atoms. The minimum atomic E-state index is -3.55. The highest BCUT2D eigenvalue weighted by Crippen LogP contribution is 2.32. The third kappa shape index (κ3) is 5.01. The highest BCUT2D eigenvalue weighted by molar-refractivity contribution is 7.89. The maximum atomic E-state index is 13.1. The van der Waals surface area contributed by atoms with Gasteiger partial charge in [0.05, 0.1) is 16.3 Å². The van der Waals surface area contributed by atoms with Crippen molar-refractivity contribution < 1.29 is 13.2 Å². The molecular formula is C22H33N3O3S. The van der Waals surface area contributed by atoms with Gasteiger partial charge in [0.25, 0.3) is 0 Å². The number of nitrogens with zero attached hydrogens (tertiary/aromatic N) is 2. The van der Waals surface area contributed by atoms with E-state index in [0.29, 0.717) is 18.8 Å². The second kappa shape index (κ2) is 9.76. The van der Waals surface area contributed by atoms with Crippen LogP contribution in [0.1, 0.15) is 52.4 Å². The molecule has 0 saturated carbocycles. The Hall–Kier alpha value is -1.86. The first kappa shape index (κ1) is 21.8. The number of hydrogen-bond acceptors (Lipinski definition) is 4. The van der Waals surface area contributed by atoms with Crippen molar-refractivity contribution in [3.05, 3.63) is 30.4 Å². The van der Waals surface area contributed by atoms with Gasteiger partial charge in [0.1, 0.15) is 0 Å². The average molecular weight is 420 g/mol. The zero-order valence-corrected chi connectivity index (χ0v) is 18.4. The molecule has 160 valence electrons. The fourth-order valence-corrected chi connectivity index (χ4v) is 5.68. The Balaban J connectivity index is 1.92. The van der Waals surface area contributed by atoms with Crippen molar-refractivity contribution in [2.24, 2.45) is 5.92 Å². The van der Waals surface area contributed by atoms with E-state index in [0.717, 1.165) is 57.3 Å². The van der Waals surface area contributed by atoms with E-state index in [1.54, 1.807) is 16.4 Å². The van der Waals surface area contributed by atoms with Crippen LogP contribution < -0.4 is 10.2 Å². The predicted octanol–water partition coefficient (Wildman–Crippen LogP) is 4.00. The van der Waals surface area contributed by atoms with E-state index >= 15 is 0 Å². The van der Waals surface area contributed by atoms with Crippen molar-refractivity contribution in [1.29, 1.82) is 0 Å². The number of anilines is 2. The van der Waals surface area contributed by atoms with Crippen LogP contribution in [0.5, 0.6) is 0 Å². The molecule has 2 aliphatic rings. The summed E-state index contributed by atoms with van der Waals surface area (Å²) in [5, 5.41) is 3.05. The molecule has 1 aliphatic heterocycles. The summed E-state index contributed by atoms with van der Waals surface area (Å²) in [7, 11) is -3.55. The largest absolute Gasteiger partial charge is 0.370 e. The summed E-state index contributed by atoms with van der Waals surface area (Å²) in [5.74, 6) is -0.0952. The molecule has 0 aromatic heterocycles. The van der Waals surface area contributed by atoms with Crippen LogP contribution in [-0.2, 0) is 14.8 Å². The van der Waals surface area contributed by atoms with Crippen LogP contribution in [0.15, 0.2) is 35.2 Å². The number of carbonyl (C=O) groups is 1. The lowest BCUT2D eigenvalue weighted by molar-refractivity contribution is -0.120. The molecule has 0 bridgehead atoms. The average Bonchev–Trinajstić information content (AvgIpc) is 2.76. The monoisotopic (exact) mass is 419 g/mol. The summed E-state index contributed by atoms with van der Waals surface area (Å²) < 4.78 is 27.8. The molecule has 1 amide bonds. The van der Waals surface area contributed by atoms with Crippen LogP contribution in [0.25, 0.3) is 0 Å². The fraction of sp³-hybridized carbons (Fsp3) is 0.591. The molecule has 1 atom stereocenters. The molecule has 1 fully saturated rings. The third-order valence-electron chi connectivity index (χ3n) is 5.92. The van der Waals surface area contributed by atoms with Crippen LogP contribution >= 0.6 is 0 Å². The Morgan fingerprint density at radius 3 is 2.48 bits per heavy atom. The first-order chi connectivity index (χ1) is 14.0. The summed E-state index contributed by atoms with van der Waals surface area (Å²) in [5.41, 5.74) is 1.46. The number of allylic oxidation sites excluding steroid dienone is 2. The molecule has 1 aromatic rings. The molecule has 3 rings (SSSR count). The van der Waals surface area contributed by atoms with Crippen molar-refractivity contribution >= 4 is 27.3 Å². The second-order valence-corrected chi connectivity index (χ2v) is 9.72. The van der Waals surface area contributed by atoms with Gasteiger partial charge in [0.15, 0.2) is 0 Å². The highest BCUT2D eigenvalue weighted by Gasteiger charge is 2.28. The molecule has 6 nitrogen and oxygen atoms in total. The van der Waals surface area contributed by atoms with E-state index in [2.05, 4.69) is 36.2 Å². The molecule has 1 aliphatic carbocycles. The second-order valence-electron chi connectivity index (χ2n) is 7.79. The molecule has 1 aromatic carbocycles. The van der Waals surface area contributed by atoms with E-state index in [9.17, 15) is 13.2 Å². The minimum absolute atomic E-state index is 0.0322. The Labute approximate surface area is 175 Å². The van der Waals surface area contributed by atoms with Gasteiger partial charge in [0.2, 0.25) is 15.9 Å². The summed E-state index contributed by atoms with van der Waals surface area (Å²) in [4.78, 5) is 15.2. The van der Waals surface area contributed by atoms with Crippen molar-refractivity contribution in [2.75, 3.05) is 36.4 Å². The summed E-state index contributed by atoms with van der Waals surface area (Å²) in [6, 6.07) is 5.16. The van der Waals surface area contributed by atoms with Crippen LogP contribution in [0.2, 0.25) is 0 Å². The quantitative estimate of drug-likeness (QED) is 0.678. The van der Waals surface area contributed by atoms with Crippen molar-refractivity contribution in [2.45, 2.75) is 57.3 Å². The van der Waals surface area contributed by atoms with Gasteiger partial charge in [-0.25, -0.2) is 8.42 Å². The van der Waals surface area contributed by atoms with Gasteiger partial charge in [-0.05, 0) is 64.2 Å². The molecule has 1 heterocycles. The van der Waals surface area contributed by atoms with E-state index < -0.39 is 10.0 Å². The number of sulfonamides is 1. The van der Waals surface area contributed by atoms with Crippen molar-refractivity contribution in [1.82, 2.24) is 4.31 Å². The van der Waals surface area contributed by atoms with Gasteiger partial charge in [-0.3, -0.25) is 4.79 Å². The summed E-state index contributed by atoms with van der Waals surface area (Å²) in [6.07, 6.45) is 9.50. The zero-order valence-electron chi connectivity index (χ0n) is 17.6. The number of hydrogen-bond donors (Lipinski definition) is 1. The van der Waals surface area contributed by atoms with Gasteiger partial charge in [0, 0.05) is 32.1 Å². The minimum Gasteiger partial charge on any atom is -0.370 e. The Kier molecular flexibility index (Phi) is 7.35. The fourth-order valence-electron chi connectivity index (χ4n) is 4.14. The number of nitrogens with one attached hydrogen (secondary N) is 1. The van der Waals surface area contributed by atoms with Crippen LogP contribution in [0, 0.1) is 5.92 Å². The maximum Gasteiger partial charge on any atom is 0.243 e. The lowest BCUT2D eigenvalue weighted by Crippen LogP contribution is -2.35. The third-order valence-corrected chi connectivity index (χ3v) is 7.82. The van der Waals surface area contributed by atoms with Crippen LogP contribution in [0.3, 0.4) is 0 Å². The topological polar surface area (TPSA) is 69.7 Å². The van der Waals surface area contributed by atoms with E-state index in [4.69, 9.17) is 0 Å². The molecule has 1 unspecified atom stereocenters. The van der Waals surface area contributed by atoms with Gasteiger partial charge < -0.3 is 10.2 Å². The number of amides is 1. The lowest BCUT2D eigenvalue weighted by atomic mass is 9.93. The standard InChI is InChI=1S/C22H33N3O3S/c1-3-24(4-2)21-14-13-19(29(27,28)25-15-9-6-10-16-25)17-20(21)23-22(26)18-11-7-5-8-12-18/h5,7,13-14,17-18H,3-4,6,8-12,15-16H2,1-2H3,(H,23,26). The molecular weight excluding hydrogens is 386 g/mol. The molecule has 0 radical (unpaired) electrons. The van der Waals surface area contributed by atoms with Crippen molar-refractivity contribution in [3.63, 3.8) is 0 Å². The molecule has 7 heteroatoms. The van der Waals surface area contributed by atoms with Gasteiger partial charge >= 0.3 is 0 Å². The van der Waals surface area contributed by atoms with Gasteiger partial charge in [-0.15, -0.1) is 0 Å². The Bertz CT molecular complexity index is 841. The Morgan fingerprint density at radius 2 is 1.86 bits per heavy atom. The first-order valence-electron chi connectivity index (χ1n) is 10.8. The Morgan fingerprint density at radius 1 is 1.14 bits per heavy atom. The number of rotatable bonds is 7. The number of piperidine rings is 1. The van der Waals surface area contributed by atoms with Crippen molar-refractivity contribution in [3.8, 4) is 0 Å². The number of carbonyl (C=O) groups excluding carboxylic acids is 1. The maximum absolute atomic E-state index is 13.1. The molecule has 29 heavy (non-hydrogen) atoms. The van der Waals surface area contributed by atoms with Gasteiger partial charge in [-0.1, -0.05) is 18.6 Å². The first-order valence-corrected chi connectivity index (χ1v) is 12.3. The SMILES string of the molecule is CCN(CC)c1ccc(S(=O)(=O)N2CCCCC2)cc1NC(=O)C1CC=CCC1. The predicted molar refractivity (Wildman–Crippen MR) is 118 cm³/mol. The van der Waals surface area contributed by atoms with E-state index in [1.807, 2.05) is 6.07 Å². The summed E-state index contributed by atoms with van der Waals surface area (Å²) in [6.45, 7) is 6.80. The summed E-state index contributed by atoms with van der Waals surface area (Å²) >= 11 is 0. The highest BCUT2D eigenvalue weighted by atomic mass is 32.2. The van der Waals surface area contributed by atoms with E-state index in [1.165, 1.54) is 0 Å². The number of benzene rings is 1. The normalized spacial score (nSPS) is 20.4. The molecule has 1 saturated heterocycles. The van der Waals surface area contributed by atoms with Gasteiger partial charge in [-0.2, -0.15) is 4.31 Å². The zero-order chi connectivity index (χ0) is 20.9. The van der Waals surface area contributed by atoms with Crippen LogP contribution in [0.4, 0.5) is 11.4 Å². The smallest absolute Gasteiger partial charge is 0.243 e. The molecule has 1 N–H and O–H groups in total. The lowest BCUT2D eigenvalue weighted by Gasteiger charge is -2.28.